The Kier molecular flexibility index (Phi) is 5.81. The van der Waals surface area contributed by atoms with Crippen molar-refractivity contribution in [3.05, 3.63) is 58.7 Å². The quantitative estimate of drug-likeness (QED) is 0.714. The molecule has 1 atom stereocenters. The molecule has 0 amide bonds. The summed E-state index contributed by atoms with van der Waals surface area (Å²) >= 11 is 0. The molecule has 0 heterocycles. The molecule has 23 heavy (non-hydrogen) atoms. The molecule has 0 aliphatic heterocycles. The van der Waals surface area contributed by atoms with E-state index < -0.39 is 5.97 Å². The van der Waals surface area contributed by atoms with Crippen LogP contribution in [0.25, 0.3) is 0 Å². The molecule has 1 aromatic carbocycles. The Labute approximate surface area is 139 Å². The van der Waals surface area contributed by atoms with Crippen LogP contribution in [-0.2, 0) is 12.8 Å². The number of benzene rings is 1. The van der Waals surface area contributed by atoms with Gasteiger partial charge in [0.05, 0.1) is 5.56 Å². The number of carboxylic acids is 1. The highest BCUT2D eigenvalue weighted by Gasteiger charge is 2.26. The maximum absolute atomic E-state index is 11.5. The lowest BCUT2D eigenvalue weighted by atomic mass is 9.73. The van der Waals surface area contributed by atoms with Crippen molar-refractivity contribution in [2.24, 2.45) is 5.41 Å². The zero-order valence-electron chi connectivity index (χ0n) is 14.6. The highest BCUT2D eigenvalue weighted by molar-refractivity contribution is 5.89. The van der Waals surface area contributed by atoms with Crippen LogP contribution in [0.5, 0.6) is 0 Å². The number of carbonyl (C=O) groups is 1. The number of hydrogen-bond acceptors (Lipinski definition) is 1. The van der Waals surface area contributed by atoms with E-state index in [-0.39, 0.29) is 5.41 Å². The van der Waals surface area contributed by atoms with Crippen LogP contribution in [0.2, 0.25) is 0 Å². The molecule has 1 aliphatic rings. The fraction of sp³-hybridized carbons (Fsp3) is 0.476. The summed E-state index contributed by atoms with van der Waals surface area (Å²) in [5, 5.41) is 9.48. The first kappa shape index (κ1) is 17.5. The first-order valence-electron chi connectivity index (χ1n) is 8.66. The summed E-state index contributed by atoms with van der Waals surface area (Å²) in [6.45, 7) is 6.66. The number of rotatable bonds is 7. The molecular weight excluding hydrogens is 284 g/mol. The van der Waals surface area contributed by atoms with E-state index in [0.717, 1.165) is 44.1 Å². The summed E-state index contributed by atoms with van der Waals surface area (Å²) in [5.41, 5.74) is 4.34. The molecule has 0 radical (unpaired) electrons. The van der Waals surface area contributed by atoms with E-state index in [1.165, 1.54) is 11.1 Å². The van der Waals surface area contributed by atoms with Crippen LogP contribution in [0.15, 0.2) is 42.0 Å². The van der Waals surface area contributed by atoms with Gasteiger partial charge in [0.25, 0.3) is 0 Å². The van der Waals surface area contributed by atoms with Crippen LogP contribution >= 0.6 is 0 Å². The van der Waals surface area contributed by atoms with Gasteiger partial charge in [-0.2, -0.15) is 0 Å². The van der Waals surface area contributed by atoms with Crippen LogP contribution in [0.4, 0.5) is 0 Å². The van der Waals surface area contributed by atoms with Gasteiger partial charge in [0.2, 0.25) is 0 Å². The standard InChI is InChI=1S/C21H28O2/c1-4-5-11-18-17(10-8-12-19(18)20(22)23)13-15-21(3)14-7-6-9-16(21)2/h6-10,12H,4-5,11,13-15H2,1-3H3,(H,22,23). The molecular formula is C21H28O2. The van der Waals surface area contributed by atoms with Gasteiger partial charge >= 0.3 is 5.97 Å². The molecule has 0 saturated carbocycles. The van der Waals surface area contributed by atoms with E-state index in [1.807, 2.05) is 6.07 Å². The number of carboxylic acid groups (broad SMARTS) is 1. The predicted molar refractivity (Wildman–Crippen MR) is 96.0 cm³/mol. The van der Waals surface area contributed by atoms with E-state index in [2.05, 4.69) is 45.1 Å². The lowest BCUT2D eigenvalue weighted by Gasteiger charge is -2.32. The van der Waals surface area contributed by atoms with Gasteiger partial charge in [-0.05, 0) is 61.6 Å². The molecule has 1 aromatic rings. The first-order chi connectivity index (χ1) is 11.0. The van der Waals surface area contributed by atoms with E-state index in [0.29, 0.717) is 5.56 Å². The van der Waals surface area contributed by atoms with Gasteiger partial charge in [-0.1, -0.05) is 56.2 Å². The Morgan fingerprint density at radius 3 is 2.74 bits per heavy atom. The first-order valence-corrected chi connectivity index (χ1v) is 8.66. The zero-order chi connectivity index (χ0) is 16.9. The van der Waals surface area contributed by atoms with Crippen molar-refractivity contribution in [3.63, 3.8) is 0 Å². The third kappa shape index (κ3) is 4.13. The SMILES string of the molecule is CCCCc1c(CCC2(C)CC=CC=C2C)cccc1C(=O)O. The topological polar surface area (TPSA) is 37.3 Å². The fourth-order valence-electron chi connectivity index (χ4n) is 3.33. The van der Waals surface area contributed by atoms with Crippen molar-refractivity contribution in [1.29, 1.82) is 0 Å². The minimum absolute atomic E-state index is 0.190. The molecule has 0 aromatic heterocycles. The Morgan fingerprint density at radius 2 is 2.09 bits per heavy atom. The predicted octanol–water partition coefficient (Wildman–Crippen LogP) is 5.57. The van der Waals surface area contributed by atoms with Crippen molar-refractivity contribution in [1.82, 2.24) is 0 Å². The van der Waals surface area contributed by atoms with Gasteiger partial charge in [0.1, 0.15) is 0 Å². The van der Waals surface area contributed by atoms with Crippen molar-refractivity contribution in [2.45, 2.75) is 59.3 Å². The average Bonchev–Trinajstić information content (AvgIpc) is 2.54. The molecule has 2 heteroatoms. The monoisotopic (exact) mass is 312 g/mol. The third-order valence-electron chi connectivity index (χ3n) is 5.23. The molecule has 0 bridgehead atoms. The normalized spacial score (nSPS) is 20.4. The summed E-state index contributed by atoms with van der Waals surface area (Å²) in [5.74, 6) is -0.805. The lowest BCUT2D eigenvalue weighted by Crippen LogP contribution is -2.20. The molecule has 0 saturated heterocycles. The smallest absolute Gasteiger partial charge is 0.335 e. The van der Waals surface area contributed by atoms with Crippen LogP contribution < -0.4 is 0 Å². The second-order valence-electron chi connectivity index (χ2n) is 6.89. The van der Waals surface area contributed by atoms with E-state index >= 15 is 0 Å². The van der Waals surface area contributed by atoms with Crippen LogP contribution in [-0.4, -0.2) is 11.1 Å². The number of aryl methyl sites for hydroxylation is 1. The van der Waals surface area contributed by atoms with Gasteiger partial charge in [-0.15, -0.1) is 0 Å². The molecule has 0 spiro atoms. The van der Waals surface area contributed by atoms with Crippen LogP contribution in [0.1, 0.15) is 67.9 Å². The minimum Gasteiger partial charge on any atom is -0.478 e. The average molecular weight is 312 g/mol. The Balaban J connectivity index is 2.22. The van der Waals surface area contributed by atoms with Crippen molar-refractivity contribution in [2.75, 3.05) is 0 Å². The van der Waals surface area contributed by atoms with E-state index in [4.69, 9.17) is 0 Å². The highest BCUT2D eigenvalue weighted by Crippen LogP contribution is 2.38. The molecule has 0 fully saturated rings. The zero-order valence-corrected chi connectivity index (χ0v) is 14.6. The summed E-state index contributed by atoms with van der Waals surface area (Å²) in [6.07, 6.45) is 12.6. The summed E-state index contributed by atoms with van der Waals surface area (Å²) in [6, 6.07) is 5.74. The highest BCUT2D eigenvalue weighted by atomic mass is 16.4. The summed E-state index contributed by atoms with van der Waals surface area (Å²) < 4.78 is 0. The third-order valence-corrected chi connectivity index (χ3v) is 5.23. The van der Waals surface area contributed by atoms with Gasteiger partial charge < -0.3 is 5.11 Å². The number of aromatic carboxylic acids is 1. The number of allylic oxidation sites excluding steroid dienone is 4. The Bertz CT molecular complexity index is 625. The molecule has 2 nitrogen and oxygen atoms in total. The van der Waals surface area contributed by atoms with Gasteiger partial charge in [0.15, 0.2) is 0 Å². The largest absolute Gasteiger partial charge is 0.478 e. The van der Waals surface area contributed by atoms with E-state index in [9.17, 15) is 9.90 Å². The minimum atomic E-state index is -0.805. The second-order valence-corrected chi connectivity index (χ2v) is 6.89. The van der Waals surface area contributed by atoms with Crippen molar-refractivity contribution >= 4 is 5.97 Å². The maximum Gasteiger partial charge on any atom is 0.335 e. The van der Waals surface area contributed by atoms with E-state index in [1.54, 1.807) is 6.07 Å². The van der Waals surface area contributed by atoms with Crippen LogP contribution in [0, 0.1) is 5.41 Å². The molecule has 1 unspecified atom stereocenters. The van der Waals surface area contributed by atoms with Crippen LogP contribution in [0.3, 0.4) is 0 Å². The molecule has 1 N–H and O–H groups in total. The van der Waals surface area contributed by atoms with Gasteiger partial charge in [-0.25, -0.2) is 4.79 Å². The Morgan fingerprint density at radius 1 is 1.30 bits per heavy atom. The molecule has 2 rings (SSSR count). The molecule has 1 aliphatic carbocycles. The summed E-state index contributed by atoms with van der Waals surface area (Å²) in [7, 11) is 0. The molecule has 124 valence electrons. The fourth-order valence-corrected chi connectivity index (χ4v) is 3.33. The van der Waals surface area contributed by atoms with Gasteiger partial charge in [0, 0.05) is 0 Å². The Hall–Kier alpha value is -1.83. The summed E-state index contributed by atoms with van der Waals surface area (Å²) in [4.78, 5) is 11.5. The second kappa shape index (κ2) is 7.63. The van der Waals surface area contributed by atoms with Gasteiger partial charge in [-0.3, -0.25) is 0 Å². The van der Waals surface area contributed by atoms with Crippen molar-refractivity contribution < 1.29 is 9.90 Å². The van der Waals surface area contributed by atoms with Crippen molar-refractivity contribution in [3.8, 4) is 0 Å². The maximum atomic E-state index is 11.5. The number of hydrogen-bond donors (Lipinski definition) is 1. The number of unbranched alkanes of at least 4 members (excludes halogenated alkanes) is 1. The lowest BCUT2D eigenvalue weighted by molar-refractivity contribution is 0.0695.